The molecule has 0 rings (SSSR count). The molecule has 0 aliphatic heterocycles. The van der Waals surface area contributed by atoms with Crippen LogP contribution in [0.3, 0.4) is 0 Å². The molecule has 0 aromatic carbocycles. The lowest BCUT2D eigenvalue weighted by Gasteiger charge is -2.11. The molecule has 0 aromatic rings. The summed E-state index contributed by atoms with van der Waals surface area (Å²) in [4.78, 5) is 0. The zero-order valence-corrected chi connectivity index (χ0v) is 7.66. The number of ether oxygens (including phenoxy) is 1. The zero-order valence-electron chi connectivity index (χ0n) is 6.90. The Balaban J connectivity index is 3.09. The summed E-state index contributed by atoms with van der Waals surface area (Å²) in [7, 11) is 0. The molecule has 0 saturated heterocycles. The first kappa shape index (κ1) is 10.2. The predicted molar refractivity (Wildman–Crippen MR) is 45.6 cm³/mol. The van der Waals surface area contributed by atoms with E-state index in [-0.39, 0.29) is 0 Å². The molecule has 0 radical (unpaired) electrons. The molecule has 0 heterocycles. The molecule has 1 nitrogen and oxygen atoms in total. The Hall–Kier alpha value is 0.250. The van der Waals surface area contributed by atoms with Gasteiger partial charge in [0.05, 0.1) is 6.61 Å². The van der Waals surface area contributed by atoms with Crippen molar-refractivity contribution in [2.24, 2.45) is 5.92 Å². The van der Waals surface area contributed by atoms with Gasteiger partial charge in [0.1, 0.15) is 0 Å². The largest absolute Gasteiger partial charge is 0.380 e. The fourth-order valence-corrected chi connectivity index (χ4v) is 0.938. The summed E-state index contributed by atoms with van der Waals surface area (Å²) in [5.74, 6) is 1.34. The van der Waals surface area contributed by atoms with E-state index in [1.54, 1.807) is 0 Å². The highest BCUT2D eigenvalue weighted by Crippen LogP contribution is 2.06. The van der Waals surface area contributed by atoms with Crippen molar-refractivity contribution >= 4 is 11.6 Å². The molecule has 0 unspecified atom stereocenters. The maximum atomic E-state index is 5.45. The molecule has 0 bridgehead atoms. The summed E-state index contributed by atoms with van der Waals surface area (Å²) in [6, 6.07) is 0. The molecule has 62 valence electrons. The van der Waals surface area contributed by atoms with E-state index < -0.39 is 0 Å². The van der Waals surface area contributed by atoms with Crippen LogP contribution in [0.2, 0.25) is 0 Å². The van der Waals surface area contributed by atoms with Gasteiger partial charge in [-0.3, -0.25) is 0 Å². The SMILES string of the molecule is CCC(CC)COCCCl. The van der Waals surface area contributed by atoms with Gasteiger partial charge >= 0.3 is 0 Å². The number of alkyl halides is 1. The monoisotopic (exact) mass is 164 g/mol. The lowest BCUT2D eigenvalue weighted by molar-refractivity contribution is 0.109. The summed E-state index contributed by atoms with van der Waals surface area (Å²) in [5.41, 5.74) is 0. The molecular weight excluding hydrogens is 148 g/mol. The summed E-state index contributed by atoms with van der Waals surface area (Å²) in [6.45, 7) is 5.95. The molecule has 0 N–H and O–H groups in total. The third-order valence-corrected chi connectivity index (χ3v) is 1.88. The van der Waals surface area contributed by atoms with Crippen LogP contribution >= 0.6 is 11.6 Å². The third-order valence-electron chi connectivity index (χ3n) is 1.73. The second-order valence-corrected chi connectivity index (χ2v) is 2.82. The van der Waals surface area contributed by atoms with Crippen LogP contribution in [0, 0.1) is 5.92 Å². The molecule has 0 amide bonds. The molecule has 0 aromatic heterocycles. The van der Waals surface area contributed by atoms with Gasteiger partial charge < -0.3 is 4.74 Å². The van der Waals surface area contributed by atoms with Crippen LogP contribution in [-0.2, 0) is 4.74 Å². The number of rotatable bonds is 6. The van der Waals surface area contributed by atoms with Crippen LogP contribution in [0.1, 0.15) is 26.7 Å². The molecule has 0 atom stereocenters. The van der Waals surface area contributed by atoms with E-state index in [0.717, 1.165) is 12.5 Å². The Kier molecular flexibility index (Phi) is 7.54. The minimum atomic E-state index is 0.611. The van der Waals surface area contributed by atoms with E-state index in [9.17, 15) is 0 Å². The Morgan fingerprint density at radius 2 is 1.90 bits per heavy atom. The van der Waals surface area contributed by atoms with Gasteiger partial charge in [-0.1, -0.05) is 26.7 Å². The lowest BCUT2D eigenvalue weighted by Crippen LogP contribution is -2.08. The normalized spacial score (nSPS) is 10.8. The van der Waals surface area contributed by atoms with Gasteiger partial charge in [-0.25, -0.2) is 0 Å². The van der Waals surface area contributed by atoms with E-state index in [4.69, 9.17) is 16.3 Å². The molecular formula is C8H17ClO. The topological polar surface area (TPSA) is 9.23 Å². The van der Waals surface area contributed by atoms with Gasteiger partial charge in [-0.2, -0.15) is 0 Å². The highest BCUT2D eigenvalue weighted by Gasteiger charge is 2.01. The highest BCUT2D eigenvalue weighted by molar-refractivity contribution is 6.17. The van der Waals surface area contributed by atoms with Crippen LogP contribution in [0.5, 0.6) is 0 Å². The predicted octanol–water partition coefficient (Wildman–Crippen LogP) is 2.68. The third kappa shape index (κ3) is 5.07. The van der Waals surface area contributed by atoms with E-state index in [1.165, 1.54) is 12.8 Å². The average molecular weight is 165 g/mol. The van der Waals surface area contributed by atoms with Crippen molar-refractivity contribution in [2.45, 2.75) is 26.7 Å². The van der Waals surface area contributed by atoms with Crippen LogP contribution in [0.4, 0.5) is 0 Å². The fourth-order valence-electron chi connectivity index (χ4n) is 0.829. The lowest BCUT2D eigenvalue weighted by atomic mass is 10.1. The number of hydrogen-bond donors (Lipinski definition) is 0. The van der Waals surface area contributed by atoms with Crippen LogP contribution < -0.4 is 0 Å². The maximum Gasteiger partial charge on any atom is 0.0601 e. The standard InChI is InChI=1S/C8H17ClO/c1-3-8(4-2)7-10-6-5-9/h8H,3-7H2,1-2H3. The number of halogens is 1. The van der Waals surface area contributed by atoms with Crippen LogP contribution in [-0.4, -0.2) is 19.1 Å². The Bertz CT molecular complexity index is 62.3. The van der Waals surface area contributed by atoms with Gasteiger partial charge in [0.2, 0.25) is 0 Å². The number of hydrogen-bond acceptors (Lipinski definition) is 1. The second kappa shape index (κ2) is 7.36. The summed E-state index contributed by atoms with van der Waals surface area (Å²) in [6.07, 6.45) is 2.41. The maximum absolute atomic E-state index is 5.45. The smallest absolute Gasteiger partial charge is 0.0601 e. The minimum absolute atomic E-state index is 0.611. The van der Waals surface area contributed by atoms with Crippen molar-refractivity contribution in [1.29, 1.82) is 0 Å². The van der Waals surface area contributed by atoms with E-state index in [0.29, 0.717) is 12.5 Å². The van der Waals surface area contributed by atoms with Crippen molar-refractivity contribution in [3.05, 3.63) is 0 Å². The van der Waals surface area contributed by atoms with Gasteiger partial charge in [0.25, 0.3) is 0 Å². The highest BCUT2D eigenvalue weighted by atomic mass is 35.5. The van der Waals surface area contributed by atoms with Crippen molar-refractivity contribution in [2.75, 3.05) is 19.1 Å². The molecule has 0 aliphatic rings. The minimum Gasteiger partial charge on any atom is -0.380 e. The van der Waals surface area contributed by atoms with Crippen LogP contribution in [0.15, 0.2) is 0 Å². The average Bonchev–Trinajstić information content (AvgIpc) is 1.99. The quantitative estimate of drug-likeness (QED) is 0.433. The summed E-state index contributed by atoms with van der Waals surface area (Å²) < 4.78 is 5.29. The van der Waals surface area contributed by atoms with Crippen molar-refractivity contribution in [3.63, 3.8) is 0 Å². The molecule has 10 heavy (non-hydrogen) atoms. The van der Waals surface area contributed by atoms with Gasteiger partial charge in [0.15, 0.2) is 0 Å². The van der Waals surface area contributed by atoms with Gasteiger partial charge in [-0.15, -0.1) is 11.6 Å². The zero-order chi connectivity index (χ0) is 7.82. The van der Waals surface area contributed by atoms with Crippen LogP contribution in [0.25, 0.3) is 0 Å². The molecule has 0 fully saturated rings. The Morgan fingerprint density at radius 3 is 2.30 bits per heavy atom. The van der Waals surface area contributed by atoms with E-state index in [2.05, 4.69) is 13.8 Å². The van der Waals surface area contributed by atoms with Crippen molar-refractivity contribution in [3.8, 4) is 0 Å². The van der Waals surface area contributed by atoms with Gasteiger partial charge in [0, 0.05) is 12.5 Å². The summed E-state index contributed by atoms with van der Waals surface area (Å²) >= 11 is 5.45. The molecule has 2 heteroatoms. The molecule has 0 spiro atoms. The van der Waals surface area contributed by atoms with Crippen molar-refractivity contribution < 1.29 is 4.74 Å². The molecule has 0 saturated carbocycles. The molecule has 0 aliphatic carbocycles. The summed E-state index contributed by atoms with van der Waals surface area (Å²) in [5, 5.41) is 0. The first-order valence-electron chi connectivity index (χ1n) is 3.98. The first-order valence-corrected chi connectivity index (χ1v) is 4.52. The fraction of sp³-hybridized carbons (Fsp3) is 1.00. The Labute approximate surface area is 68.7 Å². The first-order chi connectivity index (χ1) is 4.85. The van der Waals surface area contributed by atoms with Crippen molar-refractivity contribution in [1.82, 2.24) is 0 Å². The second-order valence-electron chi connectivity index (χ2n) is 2.45. The Morgan fingerprint density at radius 1 is 1.30 bits per heavy atom. The van der Waals surface area contributed by atoms with Gasteiger partial charge in [-0.05, 0) is 5.92 Å². The van der Waals surface area contributed by atoms with E-state index in [1.807, 2.05) is 0 Å². The van der Waals surface area contributed by atoms with E-state index >= 15 is 0 Å².